The summed E-state index contributed by atoms with van der Waals surface area (Å²) in [5.74, 6) is 0.918. The second kappa shape index (κ2) is 29.4. The molecule has 34 heavy (non-hydrogen) atoms. The molecule has 0 aliphatic heterocycles. The average Bonchev–Trinajstić information content (AvgIpc) is 2.85. The summed E-state index contributed by atoms with van der Waals surface area (Å²) in [7, 11) is 0. The lowest BCUT2D eigenvalue weighted by Crippen LogP contribution is -2.20. The van der Waals surface area contributed by atoms with E-state index in [9.17, 15) is 5.11 Å². The second-order valence-corrected chi connectivity index (χ2v) is 11.2. The zero-order valence-corrected chi connectivity index (χ0v) is 24.2. The van der Waals surface area contributed by atoms with Crippen molar-refractivity contribution in [3.63, 3.8) is 0 Å². The molecular weight excluding hydrogens is 440 g/mol. The molecule has 0 heterocycles. The Kier molecular flexibility index (Phi) is 29.6. The van der Waals surface area contributed by atoms with Gasteiger partial charge in [-0.3, -0.25) is 0 Å². The molecule has 0 aromatic rings. The number of rotatable bonds is 29. The maximum absolute atomic E-state index is 9.67. The smallest absolute Gasteiger partial charge is 0.0908 e. The molecule has 0 saturated heterocycles. The Bertz CT molecular complexity index is 363. The van der Waals surface area contributed by atoms with Gasteiger partial charge in [-0.05, 0) is 18.8 Å². The highest BCUT2D eigenvalue weighted by molar-refractivity contribution is 6.18. The van der Waals surface area contributed by atoms with Gasteiger partial charge in [0.2, 0.25) is 0 Å². The Balaban J connectivity index is 3.76. The SMILES string of the molecule is CCCCCCCCCCCCCCC(CCCCCCCCCCCC)COCC(O)CCl. The molecule has 0 aliphatic rings. The summed E-state index contributed by atoms with van der Waals surface area (Å²) >= 11 is 5.71. The van der Waals surface area contributed by atoms with Crippen molar-refractivity contribution in [3.8, 4) is 0 Å². The predicted molar refractivity (Wildman–Crippen MR) is 153 cm³/mol. The molecule has 0 saturated carbocycles. The minimum atomic E-state index is -0.522. The maximum atomic E-state index is 9.67. The fourth-order valence-corrected chi connectivity index (χ4v) is 5.01. The highest BCUT2D eigenvalue weighted by Gasteiger charge is 2.11. The van der Waals surface area contributed by atoms with Crippen molar-refractivity contribution in [2.24, 2.45) is 5.92 Å². The zero-order chi connectivity index (χ0) is 25.0. The summed E-state index contributed by atoms with van der Waals surface area (Å²) < 4.78 is 5.81. The third-order valence-corrected chi connectivity index (χ3v) is 7.63. The molecule has 0 radical (unpaired) electrons. The minimum Gasteiger partial charge on any atom is -0.389 e. The molecule has 2 nitrogen and oxygen atoms in total. The molecule has 0 bridgehead atoms. The monoisotopic (exact) mass is 502 g/mol. The molecule has 0 aromatic heterocycles. The zero-order valence-electron chi connectivity index (χ0n) is 23.5. The van der Waals surface area contributed by atoms with E-state index in [1.54, 1.807) is 0 Å². The third kappa shape index (κ3) is 26.8. The van der Waals surface area contributed by atoms with Gasteiger partial charge in [0.25, 0.3) is 0 Å². The van der Waals surface area contributed by atoms with E-state index in [4.69, 9.17) is 16.3 Å². The predicted octanol–water partition coefficient (Wildman–Crippen LogP) is 10.6. The van der Waals surface area contributed by atoms with E-state index in [-0.39, 0.29) is 5.88 Å². The lowest BCUT2D eigenvalue weighted by molar-refractivity contribution is 0.0269. The highest BCUT2D eigenvalue weighted by Crippen LogP contribution is 2.20. The topological polar surface area (TPSA) is 29.5 Å². The molecule has 2 atom stereocenters. The molecule has 1 N–H and O–H groups in total. The van der Waals surface area contributed by atoms with Crippen molar-refractivity contribution in [1.29, 1.82) is 0 Å². The van der Waals surface area contributed by atoms with Gasteiger partial charge in [0.15, 0.2) is 0 Å². The number of hydrogen-bond donors (Lipinski definition) is 1. The lowest BCUT2D eigenvalue weighted by atomic mass is 9.94. The summed E-state index contributed by atoms with van der Waals surface area (Å²) in [6, 6.07) is 0. The fourth-order valence-electron chi connectivity index (χ4n) is 4.92. The van der Waals surface area contributed by atoms with Gasteiger partial charge in [0, 0.05) is 6.61 Å². The van der Waals surface area contributed by atoms with Gasteiger partial charge in [0.05, 0.1) is 18.6 Å². The molecular formula is C31H63ClO2. The van der Waals surface area contributed by atoms with E-state index in [2.05, 4.69) is 13.8 Å². The number of hydrogen-bond acceptors (Lipinski definition) is 2. The van der Waals surface area contributed by atoms with Crippen LogP contribution in [0.1, 0.15) is 168 Å². The minimum absolute atomic E-state index is 0.266. The largest absolute Gasteiger partial charge is 0.389 e. The Hall–Kier alpha value is 0.210. The normalized spacial score (nSPS) is 13.4. The Morgan fingerprint density at radius 2 is 0.824 bits per heavy atom. The average molecular weight is 503 g/mol. The van der Waals surface area contributed by atoms with E-state index >= 15 is 0 Å². The van der Waals surface area contributed by atoms with Crippen LogP contribution in [0.5, 0.6) is 0 Å². The first-order chi connectivity index (χ1) is 16.7. The first kappa shape index (κ1) is 34.2. The van der Waals surface area contributed by atoms with Crippen molar-refractivity contribution in [3.05, 3.63) is 0 Å². The van der Waals surface area contributed by atoms with E-state index in [0.717, 1.165) is 6.61 Å². The summed E-state index contributed by atoms with van der Waals surface area (Å²) in [6.07, 6.45) is 32.9. The number of ether oxygens (including phenoxy) is 1. The Morgan fingerprint density at radius 3 is 1.15 bits per heavy atom. The van der Waals surface area contributed by atoms with Crippen LogP contribution in [0.3, 0.4) is 0 Å². The number of unbranched alkanes of at least 4 members (excludes halogenated alkanes) is 20. The number of halogens is 1. The van der Waals surface area contributed by atoms with Crippen LogP contribution in [-0.4, -0.2) is 30.3 Å². The van der Waals surface area contributed by atoms with Gasteiger partial charge >= 0.3 is 0 Å². The molecule has 0 rings (SSSR count). The molecule has 0 spiro atoms. The molecule has 0 fully saturated rings. The summed E-state index contributed by atoms with van der Waals surface area (Å²) in [5.41, 5.74) is 0. The summed E-state index contributed by atoms with van der Waals surface area (Å²) in [6.45, 7) is 5.76. The molecule has 206 valence electrons. The standard InChI is InChI=1S/C31H63ClO2/c1-3-5-7-9-11-13-15-16-18-20-22-24-26-30(28-34-29-31(33)27-32)25-23-21-19-17-14-12-10-8-6-4-2/h30-31,33H,3-29H2,1-2H3. The van der Waals surface area contributed by atoms with E-state index in [0.29, 0.717) is 12.5 Å². The highest BCUT2D eigenvalue weighted by atomic mass is 35.5. The Labute approximate surface area is 220 Å². The van der Waals surface area contributed by atoms with Crippen molar-refractivity contribution < 1.29 is 9.84 Å². The van der Waals surface area contributed by atoms with Crippen LogP contribution in [0.15, 0.2) is 0 Å². The van der Waals surface area contributed by atoms with Crippen LogP contribution in [0.25, 0.3) is 0 Å². The summed E-state index contributed by atoms with van der Waals surface area (Å²) in [4.78, 5) is 0. The van der Waals surface area contributed by atoms with Gasteiger partial charge in [-0.15, -0.1) is 11.6 Å². The number of aliphatic hydroxyl groups excluding tert-OH is 1. The van der Waals surface area contributed by atoms with E-state index in [1.807, 2.05) is 0 Å². The van der Waals surface area contributed by atoms with Gasteiger partial charge in [-0.25, -0.2) is 0 Å². The second-order valence-electron chi connectivity index (χ2n) is 10.9. The van der Waals surface area contributed by atoms with E-state index < -0.39 is 6.10 Å². The maximum Gasteiger partial charge on any atom is 0.0908 e. The number of alkyl halides is 1. The third-order valence-electron chi connectivity index (χ3n) is 7.27. The van der Waals surface area contributed by atoms with Crippen LogP contribution >= 0.6 is 11.6 Å². The van der Waals surface area contributed by atoms with Gasteiger partial charge in [-0.1, -0.05) is 155 Å². The van der Waals surface area contributed by atoms with Gasteiger partial charge in [0.1, 0.15) is 0 Å². The lowest BCUT2D eigenvalue weighted by Gasteiger charge is -2.18. The molecule has 2 unspecified atom stereocenters. The van der Waals surface area contributed by atoms with Crippen LogP contribution in [0, 0.1) is 5.92 Å². The molecule has 0 amide bonds. The molecule has 0 aliphatic carbocycles. The molecule has 3 heteroatoms. The molecule has 0 aromatic carbocycles. The Morgan fingerprint density at radius 1 is 0.500 bits per heavy atom. The van der Waals surface area contributed by atoms with Crippen molar-refractivity contribution in [1.82, 2.24) is 0 Å². The van der Waals surface area contributed by atoms with Gasteiger partial charge < -0.3 is 9.84 Å². The van der Waals surface area contributed by atoms with Crippen LogP contribution in [0.2, 0.25) is 0 Å². The summed E-state index contributed by atoms with van der Waals surface area (Å²) in [5, 5.41) is 9.67. The van der Waals surface area contributed by atoms with Gasteiger partial charge in [-0.2, -0.15) is 0 Å². The fraction of sp³-hybridized carbons (Fsp3) is 1.00. The van der Waals surface area contributed by atoms with Crippen molar-refractivity contribution >= 4 is 11.6 Å². The van der Waals surface area contributed by atoms with Crippen LogP contribution in [-0.2, 0) is 4.74 Å². The first-order valence-corrected chi connectivity index (χ1v) is 16.1. The van der Waals surface area contributed by atoms with Crippen LogP contribution in [0.4, 0.5) is 0 Å². The number of aliphatic hydroxyl groups is 1. The van der Waals surface area contributed by atoms with Crippen molar-refractivity contribution in [2.75, 3.05) is 19.1 Å². The first-order valence-electron chi connectivity index (χ1n) is 15.6. The van der Waals surface area contributed by atoms with Crippen LogP contribution < -0.4 is 0 Å². The van der Waals surface area contributed by atoms with Crippen molar-refractivity contribution in [2.45, 2.75) is 174 Å². The quantitative estimate of drug-likeness (QED) is 0.0813. The van der Waals surface area contributed by atoms with E-state index in [1.165, 1.54) is 154 Å².